The number of sulfonamides is 1. The molecule has 0 radical (unpaired) electrons. The highest BCUT2D eigenvalue weighted by Crippen LogP contribution is 2.33. The van der Waals surface area contributed by atoms with E-state index in [2.05, 4.69) is 43.0 Å². The molecule has 270 valence electrons. The van der Waals surface area contributed by atoms with E-state index in [-0.39, 0.29) is 11.3 Å². The van der Waals surface area contributed by atoms with Crippen LogP contribution in [0.3, 0.4) is 0 Å². The number of hydrogen-bond acceptors (Lipinski definition) is 11. The lowest BCUT2D eigenvalue weighted by molar-refractivity contribution is -0.384. The van der Waals surface area contributed by atoms with Gasteiger partial charge in [0, 0.05) is 77.9 Å². The number of nitrogens with one attached hydrogen (secondary N) is 2. The molecule has 0 aliphatic carbocycles. The fourth-order valence-corrected chi connectivity index (χ4v) is 8.68. The van der Waals surface area contributed by atoms with Crippen molar-refractivity contribution in [1.82, 2.24) is 14.6 Å². The van der Waals surface area contributed by atoms with E-state index in [0.29, 0.717) is 10.8 Å². The molecule has 15 heteroatoms. The number of thioether (sulfide) groups is 1. The standard InChI is InChI=1S/C37H37ClN6O5S3/c1-37(2,25-51-36-39-17-22-50-36)40-33-16-15-31(23-34(33)44(46)47)52(48,49)41-35(45)27-9-13-30(14-10-27)43-20-18-42(19-21-43)24-28-5-3-4-6-32(28)26-7-11-29(38)12-8-26/h3-17,22-23,40H,18-21,24-25H2,1-2H3,(H,41,45). The van der Waals surface area contributed by atoms with E-state index >= 15 is 0 Å². The second kappa shape index (κ2) is 16.0. The SMILES string of the molecule is CC(C)(CSc1nccs1)Nc1ccc(S(=O)(=O)NC(=O)c2ccc(N3CCN(Cc4ccccc4-c4ccc(Cl)cc4)CC3)cc2)cc1[N+](=O)[O-]. The Morgan fingerprint density at radius 2 is 1.71 bits per heavy atom. The van der Waals surface area contributed by atoms with Crippen molar-refractivity contribution in [2.75, 3.05) is 42.1 Å². The first-order valence-corrected chi connectivity index (χ1v) is 20.2. The molecule has 11 nitrogen and oxygen atoms in total. The second-order valence-electron chi connectivity index (χ2n) is 12.9. The van der Waals surface area contributed by atoms with Gasteiger partial charge in [0.15, 0.2) is 0 Å². The first-order chi connectivity index (χ1) is 24.9. The number of hydrogen-bond donors (Lipinski definition) is 2. The number of anilines is 2. The highest BCUT2D eigenvalue weighted by atomic mass is 35.5. The molecule has 0 spiro atoms. The van der Waals surface area contributed by atoms with Crippen LogP contribution in [0, 0.1) is 10.1 Å². The smallest absolute Gasteiger partial charge is 0.293 e. The van der Waals surface area contributed by atoms with Crippen molar-refractivity contribution in [2.45, 2.75) is 35.2 Å². The third kappa shape index (κ3) is 9.30. The van der Waals surface area contributed by atoms with Crippen molar-refractivity contribution >= 4 is 67.7 Å². The van der Waals surface area contributed by atoms with E-state index in [0.717, 1.165) is 54.4 Å². The van der Waals surface area contributed by atoms with Crippen LogP contribution in [0.5, 0.6) is 0 Å². The first-order valence-electron chi connectivity index (χ1n) is 16.4. The molecule has 0 bridgehead atoms. The lowest BCUT2D eigenvalue weighted by atomic mass is 9.99. The number of nitrogens with zero attached hydrogens (tertiary/aromatic N) is 4. The van der Waals surface area contributed by atoms with Crippen LogP contribution in [0.25, 0.3) is 11.1 Å². The summed E-state index contributed by atoms with van der Waals surface area (Å²) in [4.78, 5) is 32.9. The minimum absolute atomic E-state index is 0.150. The number of carbonyl (C=O) groups excluding carboxylic acids is 1. The molecule has 6 rings (SSSR count). The summed E-state index contributed by atoms with van der Waals surface area (Å²) >= 11 is 9.12. The highest BCUT2D eigenvalue weighted by molar-refractivity contribution is 8.01. The molecule has 0 atom stereocenters. The Balaban J connectivity index is 1.05. The second-order valence-corrected chi connectivity index (χ2v) is 17.2. The number of rotatable bonds is 13. The van der Waals surface area contributed by atoms with E-state index in [4.69, 9.17) is 11.6 Å². The van der Waals surface area contributed by atoms with Gasteiger partial charge < -0.3 is 10.2 Å². The van der Waals surface area contributed by atoms with Crippen molar-refractivity contribution < 1.29 is 18.1 Å². The maximum absolute atomic E-state index is 13.2. The van der Waals surface area contributed by atoms with Crippen LogP contribution in [0.2, 0.25) is 5.02 Å². The van der Waals surface area contributed by atoms with Crippen LogP contribution in [0.15, 0.2) is 112 Å². The van der Waals surface area contributed by atoms with Gasteiger partial charge in [-0.25, -0.2) is 18.1 Å². The zero-order valence-electron chi connectivity index (χ0n) is 28.5. The lowest BCUT2D eigenvalue weighted by Gasteiger charge is -2.36. The number of thiazole rings is 1. The van der Waals surface area contributed by atoms with Gasteiger partial charge in [0.1, 0.15) is 10.0 Å². The summed E-state index contributed by atoms with van der Waals surface area (Å²) in [6, 6.07) is 26.6. The van der Waals surface area contributed by atoms with Gasteiger partial charge in [0.25, 0.3) is 21.6 Å². The van der Waals surface area contributed by atoms with Crippen molar-refractivity contribution in [2.24, 2.45) is 0 Å². The maximum atomic E-state index is 13.2. The van der Waals surface area contributed by atoms with Gasteiger partial charge in [-0.05, 0) is 79.1 Å². The van der Waals surface area contributed by atoms with Gasteiger partial charge in [-0.1, -0.05) is 59.8 Å². The van der Waals surface area contributed by atoms with Gasteiger partial charge in [0.2, 0.25) is 0 Å². The molecule has 5 aromatic rings. The van der Waals surface area contributed by atoms with Crippen molar-refractivity contribution in [1.29, 1.82) is 0 Å². The molecule has 0 unspecified atom stereocenters. The summed E-state index contributed by atoms with van der Waals surface area (Å²) in [5, 5.41) is 17.7. The molecule has 2 N–H and O–H groups in total. The zero-order valence-corrected chi connectivity index (χ0v) is 31.7. The molecular weight excluding hydrogens is 740 g/mol. The van der Waals surface area contributed by atoms with Gasteiger partial charge in [-0.3, -0.25) is 19.8 Å². The predicted octanol–water partition coefficient (Wildman–Crippen LogP) is 7.80. The lowest BCUT2D eigenvalue weighted by Crippen LogP contribution is -2.46. The number of nitro groups is 1. The van der Waals surface area contributed by atoms with Crippen molar-refractivity contribution in [3.8, 4) is 11.1 Å². The number of nitro benzene ring substituents is 1. The summed E-state index contributed by atoms with van der Waals surface area (Å²) in [6.45, 7) is 7.85. The summed E-state index contributed by atoms with van der Waals surface area (Å²) < 4.78 is 29.4. The Bertz CT molecular complexity index is 2140. The molecule has 1 aromatic heterocycles. The van der Waals surface area contributed by atoms with Crippen LogP contribution in [0.4, 0.5) is 17.1 Å². The summed E-state index contributed by atoms with van der Waals surface area (Å²) in [5.74, 6) is -0.273. The van der Waals surface area contributed by atoms with Gasteiger partial charge in [-0.2, -0.15) is 0 Å². The van der Waals surface area contributed by atoms with Crippen LogP contribution in [0.1, 0.15) is 29.8 Å². The van der Waals surface area contributed by atoms with E-state index in [1.54, 1.807) is 30.5 Å². The fraction of sp³-hybridized carbons (Fsp3) is 0.243. The topological polar surface area (TPSA) is 138 Å². The van der Waals surface area contributed by atoms with E-state index in [9.17, 15) is 23.3 Å². The summed E-state index contributed by atoms with van der Waals surface area (Å²) in [5.41, 5.74) is 3.79. The van der Waals surface area contributed by atoms with Crippen molar-refractivity contribution in [3.05, 3.63) is 129 Å². The van der Waals surface area contributed by atoms with E-state index in [1.165, 1.54) is 46.4 Å². The quantitative estimate of drug-likeness (QED) is 0.0693. The van der Waals surface area contributed by atoms with Crippen LogP contribution in [-0.4, -0.2) is 66.6 Å². The Morgan fingerprint density at radius 3 is 2.38 bits per heavy atom. The number of piperazine rings is 1. The van der Waals surface area contributed by atoms with Crippen molar-refractivity contribution in [3.63, 3.8) is 0 Å². The van der Waals surface area contributed by atoms with Crippen LogP contribution >= 0.6 is 34.7 Å². The molecule has 1 aliphatic heterocycles. The molecule has 0 saturated carbocycles. The Labute approximate surface area is 316 Å². The minimum Gasteiger partial charge on any atom is -0.374 e. The molecule has 4 aromatic carbocycles. The van der Waals surface area contributed by atoms with Gasteiger partial charge in [-0.15, -0.1) is 11.3 Å². The average Bonchev–Trinajstić information content (AvgIpc) is 3.66. The number of carbonyl (C=O) groups is 1. The predicted molar refractivity (Wildman–Crippen MR) is 209 cm³/mol. The Morgan fingerprint density at radius 1 is 1.00 bits per heavy atom. The first kappa shape index (κ1) is 37.3. The molecular formula is C37H37ClN6O5S3. The van der Waals surface area contributed by atoms with Gasteiger partial charge in [0.05, 0.1) is 9.82 Å². The molecule has 1 fully saturated rings. The third-order valence-corrected chi connectivity index (χ3v) is 12.6. The number of aromatic nitrogens is 1. The van der Waals surface area contributed by atoms with Crippen LogP contribution in [-0.2, 0) is 16.6 Å². The third-order valence-electron chi connectivity index (χ3n) is 8.58. The molecule has 1 saturated heterocycles. The van der Waals surface area contributed by atoms with E-state index < -0.39 is 37.0 Å². The molecule has 52 heavy (non-hydrogen) atoms. The molecule has 1 amide bonds. The summed E-state index contributed by atoms with van der Waals surface area (Å²) in [6.07, 6.45) is 1.71. The summed E-state index contributed by atoms with van der Waals surface area (Å²) in [7, 11) is -4.41. The average molecular weight is 777 g/mol. The number of amides is 1. The maximum Gasteiger partial charge on any atom is 0.293 e. The fourth-order valence-electron chi connectivity index (χ4n) is 5.90. The number of halogens is 1. The zero-order chi connectivity index (χ0) is 36.9. The van der Waals surface area contributed by atoms with E-state index in [1.807, 2.05) is 49.6 Å². The molecule has 2 heterocycles. The molecule has 1 aliphatic rings. The van der Waals surface area contributed by atoms with Crippen LogP contribution < -0.4 is 14.9 Å². The number of benzene rings is 4. The monoisotopic (exact) mass is 776 g/mol. The normalized spacial score (nSPS) is 13.9. The van der Waals surface area contributed by atoms with Gasteiger partial charge >= 0.3 is 0 Å². The Kier molecular flexibility index (Phi) is 11.5. The minimum atomic E-state index is -4.41. The highest BCUT2D eigenvalue weighted by Gasteiger charge is 2.27. The Hall–Kier alpha value is -4.47. The largest absolute Gasteiger partial charge is 0.374 e.